The van der Waals surface area contributed by atoms with Gasteiger partial charge in [-0.15, -0.1) is 0 Å². The summed E-state index contributed by atoms with van der Waals surface area (Å²) in [5, 5.41) is 27.1. The molecule has 1 aliphatic carbocycles. The molecule has 0 saturated carbocycles. The molecule has 14 heteroatoms. The van der Waals surface area contributed by atoms with Crippen LogP contribution >= 0.6 is 0 Å². The van der Waals surface area contributed by atoms with Crippen LogP contribution in [0.2, 0.25) is 0 Å². The van der Waals surface area contributed by atoms with Crippen molar-refractivity contribution in [2.24, 2.45) is 23.7 Å². The summed E-state index contributed by atoms with van der Waals surface area (Å²) in [6, 6.07) is 0.0442. The molecule has 20 unspecified atom stereocenters. The predicted octanol–water partition coefficient (Wildman–Crippen LogP) is 5.60. The van der Waals surface area contributed by atoms with Gasteiger partial charge in [0.25, 0.3) is 0 Å². The molecule has 7 aliphatic rings. The lowest BCUT2D eigenvalue weighted by Crippen LogP contribution is -2.58. The third-order valence-corrected chi connectivity index (χ3v) is 14.9. The first kappa shape index (κ1) is 48.6. The van der Waals surface area contributed by atoms with Crippen LogP contribution in [-0.4, -0.2) is 141 Å². The van der Waals surface area contributed by atoms with E-state index < -0.39 is 66.4 Å². The number of carbonyl (C=O) groups excluding carboxylic acids is 1. The van der Waals surface area contributed by atoms with Crippen LogP contribution in [-0.2, 0) is 52.2 Å². The molecule has 354 valence electrons. The fourth-order valence-electron chi connectivity index (χ4n) is 11.0. The minimum Gasteiger partial charge on any atom is -0.462 e. The number of nitrogens with one attached hydrogen (secondary N) is 1. The lowest BCUT2D eigenvalue weighted by molar-refractivity contribution is -0.312. The van der Waals surface area contributed by atoms with Crippen molar-refractivity contribution in [2.75, 3.05) is 27.9 Å². The molecule has 0 aromatic rings. The van der Waals surface area contributed by atoms with Crippen LogP contribution in [0.25, 0.3) is 0 Å². The van der Waals surface area contributed by atoms with Gasteiger partial charge in [-0.1, -0.05) is 70.6 Å². The van der Waals surface area contributed by atoms with Gasteiger partial charge in [-0.25, -0.2) is 0 Å². The minimum atomic E-state index is -1.83. The van der Waals surface area contributed by atoms with Gasteiger partial charge in [0.05, 0.1) is 55.4 Å². The van der Waals surface area contributed by atoms with Crippen LogP contribution in [0.15, 0.2) is 59.3 Å². The van der Waals surface area contributed by atoms with Gasteiger partial charge < -0.3 is 62.9 Å². The van der Waals surface area contributed by atoms with E-state index in [9.17, 15) is 15.0 Å². The number of hydrogen-bond donors (Lipinski definition) is 3. The van der Waals surface area contributed by atoms with Crippen LogP contribution < -0.4 is 5.32 Å². The molecule has 2 bridgehead atoms. The van der Waals surface area contributed by atoms with Crippen LogP contribution in [0.3, 0.4) is 0 Å². The average molecular weight is 886 g/mol. The molecule has 0 amide bonds. The summed E-state index contributed by atoms with van der Waals surface area (Å²) in [6.45, 7) is 16.4. The van der Waals surface area contributed by atoms with Crippen molar-refractivity contribution in [3.05, 3.63) is 59.3 Å². The SMILES string of the molecule is CCC(C)C1OC2(C=CC1C)CC1CC(C/C=C(\C)C(OC3CC(OC)C(OC4CC(OC)C(NC)C(C)O4)C(C)O3)C(C)/C=C/C=C3\COC4C(O)C(C)=CC(C(=O)O1)C34O)O2. The quantitative estimate of drug-likeness (QED) is 0.194. The number of ether oxygens (including phenoxy) is 10. The highest BCUT2D eigenvalue weighted by Crippen LogP contribution is 2.47. The van der Waals surface area contributed by atoms with E-state index >= 15 is 0 Å². The number of hydrogen-bond acceptors (Lipinski definition) is 14. The number of aliphatic hydroxyl groups is 2. The van der Waals surface area contributed by atoms with E-state index in [-0.39, 0.29) is 67.0 Å². The Hall–Kier alpha value is -2.31. The van der Waals surface area contributed by atoms with Crippen LogP contribution in [0.1, 0.15) is 93.9 Å². The Balaban J connectivity index is 1.18. The number of esters is 1. The molecule has 20 atom stereocenters. The molecule has 14 nitrogen and oxygen atoms in total. The highest BCUT2D eigenvalue weighted by molar-refractivity contribution is 5.78. The zero-order valence-corrected chi connectivity index (χ0v) is 39.3. The minimum absolute atomic E-state index is 0.0411. The molecular formula is C49H75NO13. The Kier molecular flexibility index (Phi) is 15.7. The van der Waals surface area contributed by atoms with Gasteiger partial charge in [-0.05, 0) is 69.9 Å². The summed E-state index contributed by atoms with van der Waals surface area (Å²) in [5.74, 6) is -2.51. The number of likely N-dealkylation sites (N-methyl/N-ethyl adjacent to an activating group) is 1. The zero-order chi connectivity index (χ0) is 45.4. The fraction of sp³-hybridized carbons (Fsp3) is 0.776. The highest BCUT2D eigenvalue weighted by Gasteiger charge is 2.60. The lowest BCUT2D eigenvalue weighted by atomic mass is 9.71. The van der Waals surface area contributed by atoms with Gasteiger partial charge in [0.2, 0.25) is 0 Å². The van der Waals surface area contributed by atoms with E-state index in [0.29, 0.717) is 43.3 Å². The van der Waals surface area contributed by atoms with Crippen LogP contribution in [0, 0.1) is 23.7 Å². The molecule has 0 radical (unpaired) electrons. The topological polar surface area (TPSA) is 162 Å². The zero-order valence-electron chi connectivity index (χ0n) is 39.3. The first-order chi connectivity index (χ1) is 30.0. The number of carbonyl (C=O) groups is 1. The Labute approximate surface area is 374 Å². The van der Waals surface area contributed by atoms with E-state index in [4.69, 9.17) is 47.4 Å². The van der Waals surface area contributed by atoms with Crippen molar-refractivity contribution in [2.45, 2.75) is 191 Å². The molecule has 0 aromatic carbocycles. The molecule has 1 spiro atoms. The number of rotatable bonds is 9. The molecule has 63 heavy (non-hydrogen) atoms. The largest absolute Gasteiger partial charge is 0.462 e. The molecule has 3 N–H and O–H groups in total. The van der Waals surface area contributed by atoms with Gasteiger partial charge in [0, 0.05) is 51.7 Å². The normalized spacial score (nSPS) is 48.6. The second kappa shape index (κ2) is 20.3. The molecule has 4 fully saturated rings. The molecule has 6 aliphatic heterocycles. The Morgan fingerprint density at radius 3 is 2.35 bits per heavy atom. The van der Waals surface area contributed by atoms with Crippen molar-refractivity contribution in [1.29, 1.82) is 0 Å². The van der Waals surface area contributed by atoms with Crippen LogP contribution in [0.4, 0.5) is 0 Å². The third kappa shape index (κ3) is 10.0. The maximum atomic E-state index is 14.4. The maximum Gasteiger partial charge on any atom is 0.316 e. The smallest absolute Gasteiger partial charge is 0.316 e. The van der Waals surface area contributed by atoms with Crippen LogP contribution in [0.5, 0.6) is 0 Å². The van der Waals surface area contributed by atoms with E-state index in [1.165, 1.54) is 0 Å². The van der Waals surface area contributed by atoms with Gasteiger partial charge in [-0.3, -0.25) is 4.79 Å². The van der Waals surface area contributed by atoms with Gasteiger partial charge in [0.15, 0.2) is 18.4 Å². The maximum absolute atomic E-state index is 14.4. The summed E-state index contributed by atoms with van der Waals surface area (Å²) in [6.07, 6.45) is 10.7. The molecule has 6 heterocycles. The summed E-state index contributed by atoms with van der Waals surface area (Å²) in [7, 11) is 5.30. The monoisotopic (exact) mass is 886 g/mol. The summed E-state index contributed by atoms with van der Waals surface area (Å²) < 4.78 is 64.6. The van der Waals surface area contributed by atoms with Gasteiger partial charge >= 0.3 is 5.97 Å². The summed E-state index contributed by atoms with van der Waals surface area (Å²) in [5.41, 5.74) is 0.180. The van der Waals surface area contributed by atoms with E-state index in [1.807, 2.05) is 39.1 Å². The first-order valence-electron chi connectivity index (χ1n) is 23.4. The standard InChI is InChI=1S/C49H75NO13/c1-12-26(2)44-29(5)18-19-48(63-44)24-35-21-34(62-48)17-16-28(4)43(27(3)14-13-15-33-25-56-46-42(51)30(6)20-36(47(52)59-35)49(33,46)53)60-40-23-38(55-11)45(32(8)58-40)61-39-22-37(54-10)41(50-9)31(7)57-39/h13-16,18-20,26-27,29,31-32,34-46,50-51,53H,12,17,21-25H2,1-11H3/b14-13+,28-16+,33-15+. The van der Waals surface area contributed by atoms with E-state index in [1.54, 1.807) is 33.3 Å². The third-order valence-electron chi connectivity index (χ3n) is 14.9. The molecule has 0 aromatic heterocycles. The van der Waals surface area contributed by atoms with Crippen molar-refractivity contribution in [3.8, 4) is 0 Å². The molecule has 4 saturated heterocycles. The Morgan fingerprint density at radius 1 is 0.921 bits per heavy atom. The Morgan fingerprint density at radius 2 is 1.63 bits per heavy atom. The van der Waals surface area contributed by atoms with Crippen molar-refractivity contribution < 1.29 is 62.4 Å². The predicted molar refractivity (Wildman–Crippen MR) is 234 cm³/mol. The fourth-order valence-corrected chi connectivity index (χ4v) is 11.0. The van der Waals surface area contributed by atoms with E-state index in [2.05, 4.69) is 52.1 Å². The highest BCUT2D eigenvalue weighted by atomic mass is 16.7. The Bertz CT molecular complexity index is 1750. The number of aliphatic hydroxyl groups excluding tert-OH is 1. The number of fused-ring (bicyclic) bond motifs is 2. The van der Waals surface area contributed by atoms with Crippen molar-refractivity contribution >= 4 is 5.97 Å². The average Bonchev–Trinajstić information content (AvgIpc) is 3.60. The molecular weight excluding hydrogens is 811 g/mol. The van der Waals surface area contributed by atoms with Gasteiger partial charge in [-0.2, -0.15) is 0 Å². The number of allylic oxidation sites excluding steroid dienone is 2. The van der Waals surface area contributed by atoms with Crippen molar-refractivity contribution in [1.82, 2.24) is 5.32 Å². The summed E-state index contributed by atoms with van der Waals surface area (Å²) in [4.78, 5) is 14.4. The molecule has 7 rings (SSSR count). The van der Waals surface area contributed by atoms with Gasteiger partial charge in [0.1, 0.15) is 35.9 Å². The van der Waals surface area contributed by atoms with E-state index in [0.717, 1.165) is 12.0 Å². The van der Waals surface area contributed by atoms with Crippen molar-refractivity contribution in [3.63, 3.8) is 0 Å². The second-order valence-electron chi connectivity index (χ2n) is 19.3. The lowest BCUT2D eigenvalue weighted by Gasteiger charge is -2.48. The summed E-state index contributed by atoms with van der Waals surface area (Å²) >= 11 is 0. The second-order valence-corrected chi connectivity index (χ2v) is 19.3. The number of methoxy groups -OCH3 is 2. The first-order valence-corrected chi connectivity index (χ1v) is 23.4.